The number of thioether (sulfide) groups is 1. The second kappa shape index (κ2) is 7.19. The zero-order valence-corrected chi connectivity index (χ0v) is 14.6. The van der Waals surface area contributed by atoms with Crippen LogP contribution in [-0.4, -0.2) is 53.6 Å². The van der Waals surface area contributed by atoms with Crippen LogP contribution in [0, 0.1) is 11.8 Å². The first-order chi connectivity index (χ1) is 12.3. The number of nitrogens with one attached hydrogen (secondary N) is 2. The lowest BCUT2D eigenvalue weighted by atomic mass is 9.67. The molecule has 8 nitrogen and oxygen atoms in total. The number of nitrogens with zero attached hydrogens (tertiary/aromatic N) is 2. The third-order valence-corrected chi connectivity index (χ3v) is 5.71. The van der Waals surface area contributed by atoms with Crippen molar-refractivity contribution in [2.24, 2.45) is 11.8 Å². The number of amides is 1. The number of rotatable bonds is 7. The minimum Gasteiger partial charge on any atom is -0.455 e. The molecule has 0 unspecified atom stereocenters. The number of carbonyl (C=O) groups is 1. The van der Waals surface area contributed by atoms with Crippen molar-refractivity contribution < 1.29 is 18.7 Å². The zero-order valence-electron chi connectivity index (χ0n) is 13.8. The molecule has 2 aliphatic rings. The average molecular weight is 364 g/mol. The molecule has 4 atom stereocenters. The van der Waals surface area contributed by atoms with Crippen molar-refractivity contribution in [2.75, 3.05) is 20.3 Å². The molecule has 9 heteroatoms. The van der Waals surface area contributed by atoms with E-state index in [0.29, 0.717) is 29.2 Å². The Morgan fingerprint density at radius 3 is 3.24 bits per heavy atom. The van der Waals surface area contributed by atoms with Gasteiger partial charge in [-0.1, -0.05) is 11.8 Å². The Morgan fingerprint density at radius 2 is 2.44 bits per heavy atom. The zero-order chi connectivity index (χ0) is 17.2. The third-order valence-electron chi connectivity index (χ3n) is 4.81. The van der Waals surface area contributed by atoms with Gasteiger partial charge in [-0.05, 0) is 18.6 Å². The van der Waals surface area contributed by atoms with Crippen LogP contribution in [-0.2, 0) is 15.2 Å². The monoisotopic (exact) mass is 364 g/mol. The number of ether oxygens (including phenoxy) is 2. The van der Waals surface area contributed by atoms with Crippen LogP contribution in [0.4, 0.5) is 0 Å². The Kier molecular flexibility index (Phi) is 4.78. The predicted molar refractivity (Wildman–Crippen MR) is 89.1 cm³/mol. The summed E-state index contributed by atoms with van der Waals surface area (Å²) in [5.41, 5.74) is 0. The molecule has 0 bridgehead atoms. The molecule has 0 spiro atoms. The first-order valence-corrected chi connectivity index (χ1v) is 9.23. The number of hydrogen-bond donors (Lipinski definition) is 2. The molecule has 1 aliphatic carbocycles. The molecule has 0 aromatic carbocycles. The van der Waals surface area contributed by atoms with Crippen molar-refractivity contribution in [3.05, 3.63) is 30.0 Å². The first kappa shape index (κ1) is 16.6. The fourth-order valence-corrected chi connectivity index (χ4v) is 4.31. The lowest BCUT2D eigenvalue weighted by molar-refractivity contribution is -0.0811. The Morgan fingerprint density at radius 1 is 1.52 bits per heavy atom. The van der Waals surface area contributed by atoms with Gasteiger partial charge in [0.15, 0.2) is 10.9 Å². The van der Waals surface area contributed by atoms with E-state index in [2.05, 4.69) is 20.5 Å². The van der Waals surface area contributed by atoms with Crippen LogP contribution in [0.5, 0.6) is 0 Å². The third kappa shape index (κ3) is 3.31. The van der Waals surface area contributed by atoms with Crippen LogP contribution in [0.3, 0.4) is 0 Å². The summed E-state index contributed by atoms with van der Waals surface area (Å²) in [6.07, 6.45) is 2.64. The van der Waals surface area contributed by atoms with E-state index in [4.69, 9.17) is 13.9 Å². The smallest absolute Gasteiger partial charge is 0.287 e. The number of H-pyrrole nitrogens is 1. The van der Waals surface area contributed by atoms with Crippen molar-refractivity contribution >= 4 is 17.7 Å². The molecule has 3 heterocycles. The van der Waals surface area contributed by atoms with Gasteiger partial charge in [0.25, 0.3) is 5.91 Å². The molecular weight excluding hydrogens is 344 g/mol. The minimum atomic E-state index is -0.188. The van der Waals surface area contributed by atoms with E-state index in [1.807, 2.05) is 6.07 Å². The molecule has 1 saturated carbocycles. The SMILES string of the molecule is COC[C@@H]1[C@H](NC(=O)c2ccc(CSc3ncn[nH]3)o2)[C@H]2CCO[C@H]21. The summed E-state index contributed by atoms with van der Waals surface area (Å²) in [4.78, 5) is 16.6. The van der Waals surface area contributed by atoms with Crippen molar-refractivity contribution in [3.63, 3.8) is 0 Å². The summed E-state index contributed by atoms with van der Waals surface area (Å²) in [7, 11) is 1.67. The highest BCUT2D eigenvalue weighted by atomic mass is 32.2. The van der Waals surface area contributed by atoms with E-state index in [-0.39, 0.29) is 24.0 Å². The summed E-state index contributed by atoms with van der Waals surface area (Å²) in [5.74, 6) is 2.02. The standard InChI is InChI=1S/C16H20N4O4S/c1-22-6-11-13(10-4-5-23-14(10)11)19-15(21)12-3-2-9(24-12)7-25-16-17-8-18-20-16/h2-3,8,10-11,13-14H,4-7H2,1H3,(H,19,21)(H,17,18,20)/t10-,11-,13-,14-/m1/s1. The van der Waals surface area contributed by atoms with Gasteiger partial charge in [0.2, 0.25) is 0 Å². The number of furan rings is 1. The van der Waals surface area contributed by atoms with E-state index < -0.39 is 0 Å². The number of hydrogen-bond acceptors (Lipinski definition) is 7. The Hall–Kier alpha value is -1.84. The number of methoxy groups -OCH3 is 1. The van der Waals surface area contributed by atoms with Crippen molar-refractivity contribution in [2.45, 2.75) is 29.5 Å². The molecule has 134 valence electrons. The van der Waals surface area contributed by atoms with Gasteiger partial charge < -0.3 is 19.2 Å². The van der Waals surface area contributed by atoms with Crippen LogP contribution in [0.15, 0.2) is 28.0 Å². The van der Waals surface area contributed by atoms with E-state index in [0.717, 1.165) is 18.8 Å². The molecule has 2 aromatic heterocycles. The van der Waals surface area contributed by atoms with Gasteiger partial charge in [0.05, 0.1) is 18.5 Å². The molecule has 1 amide bonds. The van der Waals surface area contributed by atoms with Crippen LogP contribution >= 0.6 is 11.8 Å². The van der Waals surface area contributed by atoms with E-state index in [1.54, 1.807) is 13.2 Å². The Balaban J connectivity index is 1.35. The summed E-state index contributed by atoms with van der Waals surface area (Å²) in [5, 5.41) is 10.4. The van der Waals surface area contributed by atoms with Crippen molar-refractivity contribution in [3.8, 4) is 0 Å². The lowest BCUT2D eigenvalue weighted by Crippen LogP contribution is -2.62. The summed E-state index contributed by atoms with van der Waals surface area (Å²) in [6.45, 7) is 1.34. The highest BCUT2D eigenvalue weighted by molar-refractivity contribution is 7.98. The lowest BCUT2D eigenvalue weighted by Gasteiger charge is -2.47. The first-order valence-electron chi connectivity index (χ1n) is 8.24. The van der Waals surface area contributed by atoms with Gasteiger partial charge in [0.1, 0.15) is 12.1 Å². The van der Waals surface area contributed by atoms with Gasteiger partial charge in [-0.2, -0.15) is 5.10 Å². The van der Waals surface area contributed by atoms with Gasteiger partial charge in [-0.15, -0.1) is 0 Å². The van der Waals surface area contributed by atoms with Gasteiger partial charge in [-0.3, -0.25) is 9.89 Å². The van der Waals surface area contributed by atoms with Gasteiger partial charge >= 0.3 is 0 Å². The molecule has 0 radical (unpaired) electrons. The fourth-order valence-electron chi connectivity index (χ4n) is 3.64. The van der Waals surface area contributed by atoms with E-state index in [9.17, 15) is 4.79 Å². The van der Waals surface area contributed by atoms with E-state index in [1.165, 1.54) is 18.1 Å². The molecule has 25 heavy (non-hydrogen) atoms. The highest BCUT2D eigenvalue weighted by Crippen LogP contribution is 2.43. The summed E-state index contributed by atoms with van der Waals surface area (Å²) >= 11 is 1.47. The molecular formula is C16H20N4O4S. The van der Waals surface area contributed by atoms with Gasteiger partial charge in [-0.25, -0.2) is 4.98 Å². The maximum atomic E-state index is 12.5. The fraction of sp³-hybridized carbons (Fsp3) is 0.562. The highest BCUT2D eigenvalue weighted by Gasteiger charge is 2.54. The van der Waals surface area contributed by atoms with Gasteiger partial charge in [0, 0.05) is 31.6 Å². The largest absolute Gasteiger partial charge is 0.455 e. The van der Waals surface area contributed by atoms with Crippen LogP contribution < -0.4 is 5.32 Å². The van der Waals surface area contributed by atoms with Crippen molar-refractivity contribution in [1.82, 2.24) is 20.5 Å². The van der Waals surface area contributed by atoms with Crippen molar-refractivity contribution in [1.29, 1.82) is 0 Å². The normalized spacial score (nSPS) is 27.7. The number of aromatic amines is 1. The number of fused-ring (bicyclic) bond motifs is 1. The second-order valence-electron chi connectivity index (χ2n) is 6.25. The minimum absolute atomic E-state index is 0.0806. The topological polar surface area (TPSA) is 102 Å². The van der Waals surface area contributed by atoms with Crippen LogP contribution in [0.25, 0.3) is 0 Å². The molecule has 4 rings (SSSR count). The molecule has 2 fully saturated rings. The van der Waals surface area contributed by atoms with Crippen LogP contribution in [0.2, 0.25) is 0 Å². The van der Waals surface area contributed by atoms with Crippen LogP contribution in [0.1, 0.15) is 22.7 Å². The molecule has 1 saturated heterocycles. The average Bonchev–Trinajstić information content (AvgIpc) is 3.36. The molecule has 1 aliphatic heterocycles. The predicted octanol–water partition coefficient (Wildman–Crippen LogP) is 1.47. The number of carbonyl (C=O) groups excluding carboxylic acids is 1. The van der Waals surface area contributed by atoms with E-state index >= 15 is 0 Å². The Labute approximate surface area is 149 Å². The Bertz CT molecular complexity index is 720. The second-order valence-corrected chi connectivity index (χ2v) is 7.22. The maximum Gasteiger partial charge on any atom is 0.287 e. The quantitative estimate of drug-likeness (QED) is 0.717. The maximum absolute atomic E-state index is 12.5. The summed E-state index contributed by atoms with van der Waals surface area (Å²) in [6, 6.07) is 3.60. The number of aromatic nitrogens is 3. The summed E-state index contributed by atoms with van der Waals surface area (Å²) < 4.78 is 16.7. The molecule has 2 aromatic rings. The molecule has 2 N–H and O–H groups in total.